The van der Waals surface area contributed by atoms with E-state index in [2.05, 4.69) is 20.8 Å². The Bertz CT molecular complexity index is 794. The molecular weight excluding hydrogens is 324 g/mol. The SMILES string of the molecule is CC(C)n1nnnc1CCNC(=O)CN1C(=O)c2ccccc2C1=O. The highest BCUT2D eigenvalue weighted by Gasteiger charge is 2.36. The van der Waals surface area contributed by atoms with Crippen molar-refractivity contribution in [1.29, 1.82) is 0 Å². The maximum Gasteiger partial charge on any atom is 0.262 e. The van der Waals surface area contributed by atoms with Gasteiger partial charge in [0.15, 0.2) is 5.82 Å². The molecule has 25 heavy (non-hydrogen) atoms. The van der Waals surface area contributed by atoms with Gasteiger partial charge in [-0.3, -0.25) is 19.3 Å². The van der Waals surface area contributed by atoms with Gasteiger partial charge in [0.1, 0.15) is 6.54 Å². The van der Waals surface area contributed by atoms with E-state index in [4.69, 9.17) is 0 Å². The fourth-order valence-corrected chi connectivity index (χ4v) is 2.67. The van der Waals surface area contributed by atoms with E-state index in [-0.39, 0.29) is 12.6 Å². The maximum absolute atomic E-state index is 12.2. The van der Waals surface area contributed by atoms with Crippen molar-refractivity contribution in [3.8, 4) is 0 Å². The number of amides is 3. The number of hydrogen-bond donors (Lipinski definition) is 1. The molecule has 2 heterocycles. The first-order valence-corrected chi connectivity index (χ1v) is 7.97. The van der Waals surface area contributed by atoms with Crippen LogP contribution in [-0.2, 0) is 11.2 Å². The third kappa shape index (κ3) is 3.25. The zero-order chi connectivity index (χ0) is 18.0. The molecular formula is C16H18N6O3. The van der Waals surface area contributed by atoms with Crippen LogP contribution in [0.15, 0.2) is 24.3 Å². The van der Waals surface area contributed by atoms with Crippen LogP contribution < -0.4 is 5.32 Å². The van der Waals surface area contributed by atoms with Crippen LogP contribution in [0.1, 0.15) is 46.4 Å². The molecule has 0 atom stereocenters. The highest BCUT2D eigenvalue weighted by atomic mass is 16.2. The van der Waals surface area contributed by atoms with Gasteiger partial charge in [-0.15, -0.1) is 5.10 Å². The van der Waals surface area contributed by atoms with Crippen molar-refractivity contribution in [2.75, 3.05) is 13.1 Å². The van der Waals surface area contributed by atoms with Gasteiger partial charge in [0.2, 0.25) is 5.91 Å². The molecule has 0 aliphatic carbocycles. The molecule has 1 N–H and O–H groups in total. The minimum absolute atomic E-state index is 0.124. The van der Waals surface area contributed by atoms with Gasteiger partial charge < -0.3 is 5.32 Å². The van der Waals surface area contributed by atoms with Gasteiger partial charge in [0.05, 0.1) is 17.2 Å². The lowest BCUT2D eigenvalue weighted by atomic mass is 10.1. The van der Waals surface area contributed by atoms with Crippen LogP contribution >= 0.6 is 0 Å². The Morgan fingerprint density at radius 3 is 2.40 bits per heavy atom. The highest BCUT2D eigenvalue weighted by molar-refractivity contribution is 6.22. The zero-order valence-electron chi connectivity index (χ0n) is 14.0. The first kappa shape index (κ1) is 16.7. The van der Waals surface area contributed by atoms with Gasteiger partial charge in [0.25, 0.3) is 11.8 Å². The average Bonchev–Trinajstić information content (AvgIpc) is 3.15. The molecule has 0 spiro atoms. The molecule has 0 saturated heterocycles. The molecule has 130 valence electrons. The molecule has 0 radical (unpaired) electrons. The summed E-state index contributed by atoms with van der Waals surface area (Å²) in [4.78, 5) is 37.5. The van der Waals surface area contributed by atoms with E-state index in [0.29, 0.717) is 29.9 Å². The quantitative estimate of drug-likeness (QED) is 0.752. The number of carbonyl (C=O) groups is 3. The van der Waals surface area contributed by atoms with Gasteiger partial charge in [-0.1, -0.05) is 12.1 Å². The summed E-state index contributed by atoms with van der Waals surface area (Å²) in [6.45, 7) is 3.93. The molecule has 2 aromatic rings. The summed E-state index contributed by atoms with van der Waals surface area (Å²) < 4.78 is 1.68. The van der Waals surface area contributed by atoms with E-state index in [1.807, 2.05) is 13.8 Å². The molecule has 3 rings (SSSR count). The smallest absolute Gasteiger partial charge is 0.262 e. The number of rotatable bonds is 6. The second kappa shape index (κ2) is 6.80. The predicted molar refractivity (Wildman–Crippen MR) is 86.7 cm³/mol. The molecule has 0 saturated carbocycles. The molecule has 1 aromatic carbocycles. The third-order valence-corrected chi connectivity index (χ3v) is 3.90. The van der Waals surface area contributed by atoms with E-state index in [9.17, 15) is 14.4 Å². The van der Waals surface area contributed by atoms with Crippen molar-refractivity contribution >= 4 is 17.7 Å². The Kier molecular flexibility index (Phi) is 4.55. The van der Waals surface area contributed by atoms with Crippen molar-refractivity contribution in [2.24, 2.45) is 0 Å². The topological polar surface area (TPSA) is 110 Å². The summed E-state index contributed by atoms with van der Waals surface area (Å²) in [5, 5.41) is 14.1. The first-order chi connectivity index (χ1) is 12.0. The van der Waals surface area contributed by atoms with E-state index < -0.39 is 17.7 Å². The molecule has 0 fully saturated rings. The van der Waals surface area contributed by atoms with E-state index in [1.54, 1.807) is 28.9 Å². The molecule has 9 nitrogen and oxygen atoms in total. The number of imide groups is 1. The van der Waals surface area contributed by atoms with Gasteiger partial charge in [-0.2, -0.15) is 0 Å². The van der Waals surface area contributed by atoms with Crippen LogP contribution in [0.3, 0.4) is 0 Å². The van der Waals surface area contributed by atoms with Gasteiger partial charge >= 0.3 is 0 Å². The lowest BCUT2D eigenvalue weighted by molar-refractivity contribution is -0.121. The number of fused-ring (bicyclic) bond motifs is 1. The number of tetrazole rings is 1. The van der Waals surface area contributed by atoms with E-state index in [1.165, 1.54) is 0 Å². The molecule has 9 heteroatoms. The molecule has 1 aliphatic rings. The summed E-state index contributed by atoms with van der Waals surface area (Å²) in [5.74, 6) is -0.631. The zero-order valence-corrected chi connectivity index (χ0v) is 14.0. The van der Waals surface area contributed by atoms with Crippen LogP contribution in [0, 0.1) is 0 Å². The fourth-order valence-electron chi connectivity index (χ4n) is 2.67. The van der Waals surface area contributed by atoms with Crippen LogP contribution in [0.2, 0.25) is 0 Å². The lowest BCUT2D eigenvalue weighted by Gasteiger charge is -2.13. The van der Waals surface area contributed by atoms with Crippen molar-refractivity contribution < 1.29 is 14.4 Å². The fraction of sp³-hybridized carbons (Fsp3) is 0.375. The van der Waals surface area contributed by atoms with Crippen LogP contribution in [-0.4, -0.2) is 55.9 Å². The Morgan fingerprint density at radius 1 is 1.16 bits per heavy atom. The van der Waals surface area contributed by atoms with Gasteiger partial charge in [0, 0.05) is 13.0 Å². The number of carbonyl (C=O) groups excluding carboxylic acids is 3. The second-order valence-corrected chi connectivity index (χ2v) is 5.98. The summed E-state index contributed by atoms with van der Waals surface area (Å²) in [5.41, 5.74) is 0.660. The van der Waals surface area contributed by atoms with Crippen molar-refractivity contribution in [2.45, 2.75) is 26.3 Å². The monoisotopic (exact) mass is 342 g/mol. The normalized spacial score (nSPS) is 13.5. The standard InChI is InChI=1S/C16H18N6O3/c1-10(2)22-13(18-19-20-22)7-8-17-14(23)9-21-15(24)11-5-3-4-6-12(11)16(21)25/h3-6,10H,7-9H2,1-2H3,(H,17,23). The van der Waals surface area contributed by atoms with Crippen LogP contribution in [0.25, 0.3) is 0 Å². The highest BCUT2D eigenvalue weighted by Crippen LogP contribution is 2.21. The Labute approximate surface area is 144 Å². The number of nitrogens with zero attached hydrogens (tertiary/aromatic N) is 5. The molecule has 0 unspecified atom stereocenters. The van der Waals surface area contributed by atoms with Crippen molar-refractivity contribution in [3.05, 3.63) is 41.2 Å². The summed E-state index contributed by atoms with van der Waals surface area (Å²) in [6.07, 6.45) is 0.457. The van der Waals surface area contributed by atoms with Crippen molar-refractivity contribution in [3.63, 3.8) is 0 Å². The minimum Gasteiger partial charge on any atom is -0.354 e. The predicted octanol–water partition coefficient (Wildman–Crippen LogP) is 0.209. The van der Waals surface area contributed by atoms with Crippen LogP contribution in [0.4, 0.5) is 0 Å². The van der Waals surface area contributed by atoms with E-state index in [0.717, 1.165) is 4.90 Å². The Morgan fingerprint density at radius 2 is 1.80 bits per heavy atom. The molecule has 0 bridgehead atoms. The third-order valence-electron chi connectivity index (χ3n) is 3.90. The van der Waals surface area contributed by atoms with Crippen LogP contribution in [0.5, 0.6) is 0 Å². The number of aromatic nitrogens is 4. The molecule has 3 amide bonds. The minimum atomic E-state index is -0.445. The number of nitrogens with one attached hydrogen (secondary N) is 1. The largest absolute Gasteiger partial charge is 0.354 e. The lowest BCUT2D eigenvalue weighted by Crippen LogP contribution is -2.41. The first-order valence-electron chi connectivity index (χ1n) is 7.97. The van der Waals surface area contributed by atoms with Gasteiger partial charge in [-0.05, 0) is 36.4 Å². The summed E-state index contributed by atoms with van der Waals surface area (Å²) in [7, 11) is 0. The Hall–Kier alpha value is -3.10. The second-order valence-electron chi connectivity index (χ2n) is 5.98. The number of hydrogen-bond acceptors (Lipinski definition) is 6. The average molecular weight is 342 g/mol. The molecule has 1 aromatic heterocycles. The Balaban J connectivity index is 1.55. The summed E-state index contributed by atoms with van der Waals surface area (Å²) in [6, 6.07) is 6.66. The van der Waals surface area contributed by atoms with Crippen molar-refractivity contribution in [1.82, 2.24) is 30.4 Å². The maximum atomic E-state index is 12.2. The summed E-state index contributed by atoms with van der Waals surface area (Å²) >= 11 is 0. The molecule has 1 aliphatic heterocycles. The van der Waals surface area contributed by atoms with Gasteiger partial charge in [-0.25, -0.2) is 4.68 Å². The number of benzene rings is 1. The van der Waals surface area contributed by atoms with E-state index >= 15 is 0 Å².